The zero-order valence-electron chi connectivity index (χ0n) is 10.5. The Balaban J connectivity index is 1.72. The van der Waals surface area contributed by atoms with E-state index in [0.717, 1.165) is 24.7 Å². The lowest BCUT2D eigenvalue weighted by Crippen LogP contribution is -2.48. The van der Waals surface area contributed by atoms with Crippen molar-refractivity contribution in [3.8, 4) is 11.5 Å². The maximum atomic E-state index is 12.5. The smallest absolute Gasteiger partial charge is 0.267 e. The molecule has 3 rings (SSSR count). The van der Waals surface area contributed by atoms with Crippen LogP contribution in [0.3, 0.4) is 0 Å². The van der Waals surface area contributed by atoms with E-state index in [1.54, 1.807) is 0 Å². The van der Waals surface area contributed by atoms with Crippen LogP contribution in [0.1, 0.15) is 12.8 Å². The minimum atomic E-state index is -0.519. The Kier molecular flexibility index (Phi) is 3.64. The van der Waals surface area contributed by atoms with Gasteiger partial charge in [-0.05, 0) is 25.0 Å². The van der Waals surface area contributed by atoms with Crippen molar-refractivity contribution in [3.63, 3.8) is 0 Å². The van der Waals surface area contributed by atoms with Crippen molar-refractivity contribution < 1.29 is 14.3 Å². The fourth-order valence-electron chi connectivity index (χ4n) is 2.61. The molecule has 0 aliphatic carbocycles. The van der Waals surface area contributed by atoms with E-state index in [1.807, 2.05) is 29.2 Å². The Labute approximate surface area is 120 Å². The summed E-state index contributed by atoms with van der Waals surface area (Å²) in [6.07, 6.45) is 1.60. The van der Waals surface area contributed by atoms with Crippen LogP contribution in [0.25, 0.3) is 0 Å². The minimum Gasteiger partial charge on any atom is -0.485 e. The van der Waals surface area contributed by atoms with E-state index < -0.39 is 6.10 Å². The largest absolute Gasteiger partial charge is 0.485 e. The van der Waals surface area contributed by atoms with Gasteiger partial charge < -0.3 is 14.4 Å². The number of alkyl halides is 1. The van der Waals surface area contributed by atoms with E-state index in [-0.39, 0.29) is 11.9 Å². The first-order chi connectivity index (χ1) is 9.29. The van der Waals surface area contributed by atoms with E-state index in [2.05, 4.69) is 15.9 Å². The number of rotatable bonds is 2. The first kappa shape index (κ1) is 12.8. The minimum absolute atomic E-state index is 0.0384. The summed E-state index contributed by atoms with van der Waals surface area (Å²) in [5, 5.41) is 0.822. The van der Waals surface area contributed by atoms with Gasteiger partial charge in [0.05, 0.1) is 0 Å². The van der Waals surface area contributed by atoms with Gasteiger partial charge in [0, 0.05) is 17.9 Å². The SMILES string of the molecule is O=C(C1COc2ccccc2O1)N1CCCC1CBr. The molecular weight excluding hydrogens is 310 g/mol. The summed E-state index contributed by atoms with van der Waals surface area (Å²) in [5.74, 6) is 1.41. The van der Waals surface area contributed by atoms with Crippen LogP contribution >= 0.6 is 15.9 Å². The number of fused-ring (bicyclic) bond motifs is 1. The maximum absolute atomic E-state index is 12.5. The van der Waals surface area contributed by atoms with Crippen LogP contribution < -0.4 is 9.47 Å². The quantitative estimate of drug-likeness (QED) is 0.782. The molecule has 0 bridgehead atoms. The molecule has 4 nitrogen and oxygen atoms in total. The molecule has 5 heteroatoms. The van der Waals surface area contributed by atoms with E-state index in [9.17, 15) is 4.79 Å². The molecule has 1 aromatic rings. The highest BCUT2D eigenvalue weighted by molar-refractivity contribution is 9.09. The van der Waals surface area contributed by atoms with Gasteiger partial charge in [0.2, 0.25) is 6.10 Å². The third-order valence-electron chi connectivity index (χ3n) is 3.62. The van der Waals surface area contributed by atoms with Crippen molar-refractivity contribution in [2.24, 2.45) is 0 Å². The molecule has 2 unspecified atom stereocenters. The predicted molar refractivity (Wildman–Crippen MR) is 74.9 cm³/mol. The third kappa shape index (κ3) is 2.43. The molecule has 19 heavy (non-hydrogen) atoms. The molecule has 0 aromatic heterocycles. The molecular formula is C14H16BrNO3. The molecule has 0 saturated carbocycles. The number of likely N-dealkylation sites (tertiary alicyclic amines) is 1. The van der Waals surface area contributed by atoms with Crippen molar-refractivity contribution in [1.29, 1.82) is 0 Å². The Hall–Kier alpha value is -1.23. The highest BCUT2D eigenvalue weighted by Crippen LogP contribution is 2.32. The second kappa shape index (κ2) is 5.41. The average Bonchev–Trinajstić information content (AvgIpc) is 2.94. The van der Waals surface area contributed by atoms with E-state index in [1.165, 1.54) is 0 Å². The van der Waals surface area contributed by atoms with Gasteiger partial charge >= 0.3 is 0 Å². The van der Waals surface area contributed by atoms with Crippen LogP contribution in [0.15, 0.2) is 24.3 Å². The van der Waals surface area contributed by atoms with Gasteiger partial charge in [-0.15, -0.1) is 0 Å². The van der Waals surface area contributed by atoms with Gasteiger partial charge in [-0.1, -0.05) is 28.1 Å². The van der Waals surface area contributed by atoms with Crippen molar-refractivity contribution in [3.05, 3.63) is 24.3 Å². The van der Waals surface area contributed by atoms with Crippen LogP contribution in [0.5, 0.6) is 11.5 Å². The Morgan fingerprint density at radius 3 is 2.95 bits per heavy atom. The van der Waals surface area contributed by atoms with Crippen molar-refractivity contribution in [1.82, 2.24) is 4.90 Å². The van der Waals surface area contributed by atoms with Gasteiger partial charge in [0.1, 0.15) is 6.61 Å². The molecule has 2 heterocycles. The molecule has 2 aliphatic heterocycles. The summed E-state index contributed by atoms with van der Waals surface area (Å²) in [7, 11) is 0. The first-order valence-corrected chi connectivity index (χ1v) is 7.66. The summed E-state index contributed by atoms with van der Waals surface area (Å²) in [6.45, 7) is 1.11. The molecule has 2 atom stereocenters. The van der Waals surface area contributed by atoms with Gasteiger partial charge in [0.25, 0.3) is 5.91 Å². The predicted octanol–water partition coefficient (Wildman–Crippen LogP) is 2.21. The van der Waals surface area contributed by atoms with Gasteiger partial charge in [-0.2, -0.15) is 0 Å². The Morgan fingerprint density at radius 2 is 2.16 bits per heavy atom. The number of carbonyl (C=O) groups is 1. The summed E-state index contributed by atoms with van der Waals surface area (Å²) >= 11 is 3.47. The Morgan fingerprint density at radius 1 is 1.37 bits per heavy atom. The number of halogens is 1. The lowest BCUT2D eigenvalue weighted by atomic mass is 10.2. The van der Waals surface area contributed by atoms with Crippen molar-refractivity contribution in [2.45, 2.75) is 25.0 Å². The van der Waals surface area contributed by atoms with E-state index in [4.69, 9.17) is 9.47 Å². The fourth-order valence-corrected chi connectivity index (χ4v) is 3.29. The number of nitrogens with zero attached hydrogens (tertiary/aromatic N) is 1. The second-order valence-corrected chi connectivity index (χ2v) is 5.49. The van der Waals surface area contributed by atoms with E-state index >= 15 is 0 Å². The van der Waals surface area contributed by atoms with Crippen LogP contribution in [-0.4, -0.2) is 41.4 Å². The molecule has 102 valence electrons. The standard InChI is InChI=1S/C14H16BrNO3/c15-8-10-4-3-7-16(10)14(17)13-9-18-11-5-1-2-6-12(11)19-13/h1-2,5-6,10,13H,3-4,7-9H2. The number of carbonyl (C=O) groups excluding carboxylic acids is 1. The van der Waals surface area contributed by atoms with Crippen LogP contribution in [0.2, 0.25) is 0 Å². The fraction of sp³-hybridized carbons (Fsp3) is 0.500. The summed E-state index contributed by atoms with van der Waals surface area (Å²) in [5.41, 5.74) is 0. The maximum Gasteiger partial charge on any atom is 0.267 e. The zero-order valence-corrected chi connectivity index (χ0v) is 12.1. The second-order valence-electron chi connectivity index (χ2n) is 4.85. The molecule has 1 amide bonds. The lowest BCUT2D eigenvalue weighted by Gasteiger charge is -2.31. The zero-order chi connectivity index (χ0) is 13.2. The number of amides is 1. The summed E-state index contributed by atoms with van der Waals surface area (Å²) in [4.78, 5) is 14.4. The normalized spacial score (nSPS) is 25.4. The number of ether oxygens (including phenoxy) is 2. The van der Waals surface area contributed by atoms with Gasteiger partial charge in [-0.25, -0.2) is 0 Å². The van der Waals surface area contributed by atoms with Crippen LogP contribution in [0.4, 0.5) is 0 Å². The summed E-state index contributed by atoms with van der Waals surface area (Å²) in [6, 6.07) is 7.75. The van der Waals surface area contributed by atoms with E-state index in [0.29, 0.717) is 18.1 Å². The topological polar surface area (TPSA) is 38.8 Å². The number of hydrogen-bond acceptors (Lipinski definition) is 3. The number of hydrogen-bond donors (Lipinski definition) is 0. The number of benzene rings is 1. The average molecular weight is 326 g/mol. The molecule has 1 fully saturated rings. The van der Waals surface area contributed by atoms with Crippen molar-refractivity contribution >= 4 is 21.8 Å². The molecule has 2 aliphatic rings. The first-order valence-electron chi connectivity index (χ1n) is 6.54. The highest BCUT2D eigenvalue weighted by atomic mass is 79.9. The molecule has 0 N–H and O–H groups in total. The van der Waals surface area contributed by atoms with Gasteiger partial charge in [0.15, 0.2) is 11.5 Å². The van der Waals surface area contributed by atoms with Crippen LogP contribution in [-0.2, 0) is 4.79 Å². The molecule has 1 saturated heterocycles. The molecule has 0 radical (unpaired) electrons. The molecule has 1 aromatic carbocycles. The lowest BCUT2D eigenvalue weighted by molar-refractivity contribution is -0.141. The van der Waals surface area contributed by atoms with Crippen LogP contribution in [0, 0.1) is 0 Å². The van der Waals surface area contributed by atoms with Crippen molar-refractivity contribution in [2.75, 3.05) is 18.5 Å². The third-order valence-corrected chi connectivity index (χ3v) is 4.37. The summed E-state index contributed by atoms with van der Waals surface area (Å²) < 4.78 is 11.4. The highest BCUT2D eigenvalue weighted by Gasteiger charge is 2.36. The number of para-hydroxylation sites is 2. The Bertz CT molecular complexity index is 480. The monoisotopic (exact) mass is 325 g/mol. The molecule has 0 spiro atoms. The van der Waals surface area contributed by atoms with Gasteiger partial charge in [-0.3, -0.25) is 4.79 Å².